The number of halogens is 1. The highest BCUT2D eigenvalue weighted by molar-refractivity contribution is 5.26. The highest BCUT2D eigenvalue weighted by Gasteiger charge is 2.29. The number of hydrogen-bond donors (Lipinski definition) is 1. The smallest absolute Gasteiger partial charge is 0.264 e. The van der Waals surface area contributed by atoms with Crippen LogP contribution in [0.25, 0.3) is 0 Å². The number of nitrogens with one attached hydrogen (secondary N) is 1. The van der Waals surface area contributed by atoms with E-state index in [9.17, 15) is 9.18 Å². The van der Waals surface area contributed by atoms with Crippen molar-refractivity contribution >= 4 is 0 Å². The van der Waals surface area contributed by atoms with Gasteiger partial charge in [-0.1, -0.05) is 0 Å². The Bertz CT molecular complexity index is 463. The van der Waals surface area contributed by atoms with Gasteiger partial charge in [-0.2, -0.15) is 5.10 Å². The third kappa shape index (κ3) is 2.39. The molecule has 92 valence electrons. The van der Waals surface area contributed by atoms with Gasteiger partial charge in [-0.05, 0) is 24.3 Å². The summed E-state index contributed by atoms with van der Waals surface area (Å²) in [6.45, 7) is 1.92. The van der Waals surface area contributed by atoms with E-state index in [4.69, 9.17) is 0 Å². The third-order valence-electron chi connectivity index (χ3n) is 3.52. The second-order valence-corrected chi connectivity index (χ2v) is 5.02. The molecule has 1 saturated carbocycles. The molecule has 17 heavy (non-hydrogen) atoms. The Labute approximate surface area is 98.8 Å². The lowest BCUT2D eigenvalue weighted by molar-refractivity contribution is 0.0667. The number of hydrogen-bond acceptors (Lipinski definition) is 3. The number of nitrogens with zero attached hydrogens (tertiary/aromatic N) is 2. The van der Waals surface area contributed by atoms with E-state index in [0.29, 0.717) is 19.0 Å². The summed E-state index contributed by atoms with van der Waals surface area (Å²) >= 11 is 0. The molecule has 1 aliphatic carbocycles. The van der Waals surface area contributed by atoms with Crippen LogP contribution in [0.2, 0.25) is 0 Å². The molecule has 0 radical (unpaired) electrons. The van der Waals surface area contributed by atoms with Crippen LogP contribution in [-0.4, -0.2) is 40.9 Å². The van der Waals surface area contributed by atoms with Gasteiger partial charge in [0.1, 0.15) is 6.17 Å². The van der Waals surface area contributed by atoms with Crippen LogP contribution in [-0.2, 0) is 6.42 Å². The SMILES string of the molecule is O=c1cc(C2CC2)c(CCN2CC(F)C2)n[nH]1. The molecule has 1 saturated heterocycles. The van der Waals surface area contributed by atoms with Crippen LogP contribution < -0.4 is 5.56 Å². The van der Waals surface area contributed by atoms with Crippen molar-refractivity contribution in [1.29, 1.82) is 0 Å². The van der Waals surface area contributed by atoms with Crippen molar-refractivity contribution in [2.45, 2.75) is 31.4 Å². The van der Waals surface area contributed by atoms with Gasteiger partial charge in [-0.15, -0.1) is 0 Å². The van der Waals surface area contributed by atoms with Gasteiger partial charge in [0.05, 0.1) is 5.69 Å². The lowest BCUT2D eigenvalue weighted by atomic mass is 10.1. The van der Waals surface area contributed by atoms with Gasteiger partial charge in [0.15, 0.2) is 0 Å². The number of likely N-dealkylation sites (tertiary alicyclic amines) is 1. The standard InChI is InChI=1S/C12H16FN3O/c13-9-6-16(7-9)4-3-11-10(8-1-2-8)5-12(17)15-14-11/h5,8-9H,1-4,6-7H2,(H,15,17). The molecule has 0 aromatic carbocycles. The fourth-order valence-electron chi connectivity index (χ4n) is 2.35. The van der Waals surface area contributed by atoms with Crippen LogP contribution in [0.1, 0.15) is 30.0 Å². The minimum absolute atomic E-state index is 0.122. The van der Waals surface area contributed by atoms with E-state index in [2.05, 4.69) is 15.1 Å². The van der Waals surface area contributed by atoms with E-state index in [0.717, 1.165) is 37.1 Å². The largest absolute Gasteiger partial charge is 0.297 e. The predicted molar refractivity (Wildman–Crippen MR) is 61.9 cm³/mol. The van der Waals surface area contributed by atoms with Crippen molar-refractivity contribution in [3.63, 3.8) is 0 Å². The molecule has 0 bridgehead atoms. The normalized spacial score (nSPS) is 21.5. The second-order valence-electron chi connectivity index (χ2n) is 5.02. The Kier molecular flexibility index (Phi) is 2.70. The lowest BCUT2D eigenvalue weighted by Crippen LogP contribution is -2.49. The maximum Gasteiger partial charge on any atom is 0.264 e. The highest BCUT2D eigenvalue weighted by Crippen LogP contribution is 2.40. The first-order chi connectivity index (χ1) is 8.22. The van der Waals surface area contributed by atoms with E-state index in [1.165, 1.54) is 0 Å². The Balaban J connectivity index is 1.67. The molecule has 1 N–H and O–H groups in total. The molecule has 1 aliphatic heterocycles. The molecule has 3 rings (SSSR count). The summed E-state index contributed by atoms with van der Waals surface area (Å²) in [5, 5.41) is 6.62. The highest BCUT2D eigenvalue weighted by atomic mass is 19.1. The average molecular weight is 237 g/mol. The first-order valence-electron chi connectivity index (χ1n) is 6.17. The average Bonchev–Trinajstić information content (AvgIpc) is 3.08. The molecule has 2 aliphatic rings. The van der Waals surface area contributed by atoms with Gasteiger partial charge in [-0.3, -0.25) is 9.69 Å². The minimum Gasteiger partial charge on any atom is -0.297 e. The Morgan fingerprint density at radius 1 is 1.47 bits per heavy atom. The van der Waals surface area contributed by atoms with E-state index < -0.39 is 6.17 Å². The van der Waals surface area contributed by atoms with Crippen molar-refractivity contribution in [3.05, 3.63) is 27.7 Å². The molecule has 4 nitrogen and oxygen atoms in total. The maximum absolute atomic E-state index is 12.7. The molecule has 1 aromatic heterocycles. The minimum atomic E-state index is -0.651. The van der Waals surface area contributed by atoms with Crippen LogP contribution in [0, 0.1) is 0 Å². The first kappa shape index (κ1) is 10.9. The summed E-state index contributed by atoms with van der Waals surface area (Å²) < 4.78 is 12.7. The van der Waals surface area contributed by atoms with Crippen molar-refractivity contribution in [2.24, 2.45) is 0 Å². The summed E-state index contributed by atoms with van der Waals surface area (Å²) in [5.41, 5.74) is 1.96. The quantitative estimate of drug-likeness (QED) is 0.844. The zero-order valence-corrected chi connectivity index (χ0v) is 9.66. The molecule has 0 amide bonds. The molecular formula is C12H16FN3O. The third-order valence-corrected chi connectivity index (χ3v) is 3.52. The van der Waals surface area contributed by atoms with Crippen molar-refractivity contribution in [2.75, 3.05) is 19.6 Å². The number of H-pyrrole nitrogens is 1. The van der Waals surface area contributed by atoms with Gasteiger partial charge >= 0.3 is 0 Å². The van der Waals surface area contributed by atoms with Crippen LogP contribution in [0.4, 0.5) is 4.39 Å². The fourth-order valence-corrected chi connectivity index (χ4v) is 2.35. The summed E-state index contributed by atoms with van der Waals surface area (Å²) in [6, 6.07) is 1.67. The van der Waals surface area contributed by atoms with Gasteiger partial charge in [0.25, 0.3) is 5.56 Å². The predicted octanol–water partition coefficient (Wildman–Crippen LogP) is 0.843. The van der Waals surface area contributed by atoms with E-state index in [-0.39, 0.29) is 5.56 Å². The Morgan fingerprint density at radius 2 is 2.24 bits per heavy atom. The second kappa shape index (κ2) is 4.22. The van der Waals surface area contributed by atoms with Gasteiger partial charge in [0.2, 0.25) is 0 Å². The number of aromatic amines is 1. The van der Waals surface area contributed by atoms with Crippen molar-refractivity contribution in [3.8, 4) is 0 Å². The van der Waals surface area contributed by atoms with Crippen LogP contribution >= 0.6 is 0 Å². The molecule has 2 fully saturated rings. The van der Waals surface area contributed by atoms with Crippen LogP contribution in [0.3, 0.4) is 0 Å². The summed E-state index contributed by atoms with van der Waals surface area (Å²) in [4.78, 5) is 13.3. The van der Waals surface area contributed by atoms with E-state index in [1.807, 2.05) is 0 Å². The number of rotatable bonds is 4. The molecule has 5 heteroatoms. The Hall–Kier alpha value is -1.23. The lowest BCUT2D eigenvalue weighted by Gasteiger charge is -2.34. The fraction of sp³-hybridized carbons (Fsp3) is 0.667. The molecule has 2 heterocycles. The Morgan fingerprint density at radius 3 is 2.88 bits per heavy atom. The molecule has 0 unspecified atom stereocenters. The number of alkyl halides is 1. The van der Waals surface area contributed by atoms with Crippen LogP contribution in [0.5, 0.6) is 0 Å². The monoisotopic (exact) mass is 237 g/mol. The topological polar surface area (TPSA) is 49.0 Å². The van der Waals surface area contributed by atoms with Crippen molar-refractivity contribution < 1.29 is 4.39 Å². The van der Waals surface area contributed by atoms with E-state index >= 15 is 0 Å². The van der Waals surface area contributed by atoms with Crippen molar-refractivity contribution in [1.82, 2.24) is 15.1 Å². The maximum atomic E-state index is 12.7. The zero-order valence-electron chi connectivity index (χ0n) is 9.66. The molecular weight excluding hydrogens is 221 g/mol. The van der Waals surface area contributed by atoms with Gasteiger partial charge in [0, 0.05) is 32.1 Å². The summed E-state index contributed by atoms with van der Waals surface area (Å²) in [6.07, 6.45) is 2.47. The number of aromatic nitrogens is 2. The van der Waals surface area contributed by atoms with Crippen LogP contribution in [0.15, 0.2) is 10.9 Å². The molecule has 0 atom stereocenters. The zero-order chi connectivity index (χ0) is 11.8. The molecule has 1 aromatic rings. The van der Waals surface area contributed by atoms with E-state index in [1.54, 1.807) is 6.07 Å². The first-order valence-corrected chi connectivity index (χ1v) is 6.17. The summed E-state index contributed by atoms with van der Waals surface area (Å²) in [7, 11) is 0. The molecule has 0 spiro atoms. The van der Waals surface area contributed by atoms with Gasteiger partial charge in [-0.25, -0.2) is 9.49 Å². The van der Waals surface area contributed by atoms with Gasteiger partial charge < -0.3 is 0 Å². The summed E-state index contributed by atoms with van der Waals surface area (Å²) in [5.74, 6) is 0.533.